The van der Waals surface area contributed by atoms with Crippen molar-refractivity contribution in [3.63, 3.8) is 0 Å². The predicted octanol–water partition coefficient (Wildman–Crippen LogP) is 3.32. The maximum absolute atomic E-state index is 12.0. The Morgan fingerprint density at radius 3 is 2.84 bits per heavy atom. The van der Waals surface area contributed by atoms with Crippen LogP contribution in [-0.4, -0.2) is 59.0 Å². The lowest BCUT2D eigenvalue weighted by molar-refractivity contribution is -0.130. The highest BCUT2D eigenvalue weighted by Gasteiger charge is 2.31. The number of hydrogen-bond donors (Lipinski definition) is 2. The Morgan fingerprint density at radius 2 is 2.03 bits per heavy atom. The minimum Gasteiger partial charge on any atom is -0.351 e. The van der Waals surface area contributed by atoms with Crippen molar-refractivity contribution in [2.75, 3.05) is 11.9 Å². The summed E-state index contributed by atoms with van der Waals surface area (Å²) < 4.78 is 1.98. The number of aromatic amines is 1. The molecule has 0 aromatic carbocycles. The van der Waals surface area contributed by atoms with E-state index in [4.69, 9.17) is 4.98 Å². The van der Waals surface area contributed by atoms with Crippen molar-refractivity contribution in [2.45, 2.75) is 57.5 Å². The number of carbonyl (C=O) groups is 1. The van der Waals surface area contributed by atoms with Gasteiger partial charge in [0.15, 0.2) is 5.65 Å². The zero-order valence-electron chi connectivity index (χ0n) is 18.1. The third kappa shape index (κ3) is 3.28. The molecule has 2 aliphatic rings. The van der Waals surface area contributed by atoms with Crippen LogP contribution in [0.4, 0.5) is 5.95 Å². The number of hydrogen-bond acceptors (Lipinski definition) is 6. The molecule has 0 unspecified atom stereocenters. The average molecular weight is 431 g/mol. The molecule has 0 spiro atoms. The van der Waals surface area contributed by atoms with Crippen molar-refractivity contribution in [3.8, 4) is 11.1 Å². The third-order valence-corrected chi connectivity index (χ3v) is 6.90. The molecule has 1 saturated carbocycles. The van der Waals surface area contributed by atoms with E-state index in [1.54, 1.807) is 0 Å². The van der Waals surface area contributed by atoms with Gasteiger partial charge in [0.25, 0.3) is 0 Å². The first kappa shape index (κ1) is 19.2. The molecule has 6 rings (SSSR count). The zero-order chi connectivity index (χ0) is 21.7. The quantitative estimate of drug-likeness (QED) is 0.515. The van der Waals surface area contributed by atoms with E-state index in [2.05, 4.69) is 30.4 Å². The van der Waals surface area contributed by atoms with E-state index in [-0.39, 0.29) is 0 Å². The molecule has 5 heterocycles. The fourth-order valence-corrected chi connectivity index (χ4v) is 5.15. The van der Waals surface area contributed by atoms with E-state index in [9.17, 15) is 4.79 Å². The van der Waals surface area contributed by atoms with Crippen molar-refractivity contribution >= 4 is 28.5 Å². The van der Waals surface area contributed by atoms with Gasteiger partial charge in [0.1, 0.15) is 11.5 Å². The van der Waals surface area contributed by atoms with Crippen LogP contribution in [0.15, 0.2) is 30.7 Å². The Hall–Kier alpha value is -3.49. The third-order valence-electron chi connectivity index (χ3n) is 6.90. The number of nitrogens with one attached hydrogen (secondary N) is 2. The van der Waals surface area contributed by atoms with Gasteiger partial charge in [0, 0.05) is 60.2 Å². The van der Waals surface area contributed by atoms with Crippen molar-refractivity contribution in [2.24, 2.45) is 0 Å². The molecule has 2 fully saturated rings. The molecule has 1 aliphatic heterocycles. The summed E-state index contributed by atoms with van der Waals surface area (Å²) in [6.07, 6.45) is 11.8. The Morgan fingerprint density at radius 1 is 1.16 bits per heavy atom. The van der Waals surface area contributed by atoms with Crippen molar-refractivity contribution in [1.29, 1.82) is 0 Å². The standard InChI is InChI=1S/C23H26N8O/c1-14-28-29-20-9-4-15(13-31(14)20)18-11-24-22-19(18)12-25-23(27-22)26-16-5-7-17(8-6-16)30-10-2-3-21(30)32/h4,9,11-13,16-17H,2-3,5-8,10H2,1H3,(H2,24,25,26,27). The highest BCUT2D eigenvalue weighted by Crippen LogP contribution is 2.30. The Kier molecular flexibility index (Phi) is 4.55. The Balaban J connectivity index is 1.17. The first-order chi connectivity index (χ1) is 15.7. The molecule has 1 aliphatic carbocycles. The maximum atomic E-state index is 12.0. The molecule has 4 aromatic rings. The summed E-state index contributed by atoms with van der Waals surface area (Å²) >= 11 is 0. The topological polar surface area (TPSA) is 104 Å². The number of H-pyrrole nitrogens is 1. The van der Waals surface area contributed by atoms with Gasteiger partial charge in [-0.2, -0.15) is 4.98 Å². The Bertz CT molecular complexity index is 1300. The van der Waals surface area contributed by atoms with E-state index < -0.39 is 0 Å². The van der Waals surface area contributed by atoms with Gasteiger partial charge in [-0.1, -0.05) is 0 Å². The second-order valence-corrected chi connectivity index (χ2v) is 8.89. The van der Waals surface area contributed by atoms with E-state index >= 15 is 0 Å². The molecule has 164 valence electrons. The number of aryl methyl sites for hydroxylation is 1. The smallest absolute Gasteiger partial charge is 0.224 e. The lowest BCUT2D eigenvalue weighted by Gasteiger charge is -2.34. The molecule has 2 N–H and O–H groups in total. The van der Waals surface area contributed by atoms with Crippen LogP contribution >= 0.6 is 0 Å². The van der Waals surface area contributed by atoms with Gasteiger partial charge < -0.3 is 15.2 Å². The maximum Gasteiger partial charge on any atom is 0.224 e. The predicted molar refractivity (Wildman–Crippen MR) is 121 cm³/mol. The van der Waals surface area contributed by atoms with E-state index in [0.29, 0.717) is 23.9 Å². The van der Waals surface area contributed by atoms with Crippen LogP contribution in [0.1, 0.15) is 44.3 Å². The van der Waals surface area contributed by atoms with E-state index in [0.717, 1.165) is 78.7 Å². The fraction of sp³-hybridized carbons (Fsp3) is 0.435. The van der Waals surface area contributed by atoms with Gasteiger partial charge in [-0.15, -0.1) is 10.2 Å². The molecule has 32 heavy (non-hydrogen) atoms. The highest BCUT2D eigenvalue weighted by molar-refractivity contribution is 5.93. The van der Waals surface area contributed by atoms with Crippen molar-refractivity contribution < 1.29 is 4.79 Å². The number of fused-ring (bicyclic) bond motifs is 2. The molecule has 9 heteroatoms. The minimum absolute atomic E-state index is 0.330. The van der Waals surface area contributed by atoms with Gasteiger partial charge in [-0.05, 0) is 51.2 Å². The highest BCUT2D eigenvalue weighted by atomic mass is 16.2. The molecule has 4 aromatic heterocycles. The van der Waals surface area contributed by atoms with Crippen molar-refractivity contribution in [3.05, 3.63) is 36.5 Å². The molecular formula is C23H26N8O. The monoisotopic (exact) mass is 430 g/mol. The molecule has 1 amide bonds. The first-order valence-corrected chi connectivity index (χ1v) is 11.4. The summed E-state index contributed by atoms with van der Waals surface area (Å²) in [5.41, 5.74) is 3.76. The normalized spacial score (nSPS) is 21.7. The SMILES string of the molecule is Cc1nnc2ccc(-c3c[nH]c4nc(NC5CCC(N6CCCC6=O)CC5)ncc34)cn12. The first-order valence-electron chi connectivity index (χ1n) is 11.4. The van der Waals surface area contributed by atoms with Gasteiger partial charge in [0.2, 0.25) is 11.9 Å². The van der Waals surface area contributed by atoms with E-state index in [1.807, 2.05) is 42.0 Å². The number of rotatable bonds is 4. The van der Waals surface area contributed by atoms with Gasteiger partial charge in [0.05, 0.1) is 0 Å². The van der Waals surface area contributed by atoms with Crippen LogP contribution in [-0.2, 0) is 4.79 Å². The van der Waals surface area contributed by atoms with Gasteiger partial charge in [-0.25, -0.2) is 4.98 Å². The lowest BCUT2D eigenvalue weighted by Crippen LogP contribution is -2.41. The number of aromatic nitrogens is 6. The largest absolute Gasteiger partial charge is 0.351 e. The number of amides is 1. The summed E-state index contributed by atoms with van der Waals surface area (Å²) in [4.78, 5) is 26.7. The summed E-state index contributed by atoms with van der Waals surface area (Å²) in [6, 6.07) is 4.76. The van der Waals surface area contributed by atoms with Crippen molar-refractivity contribution in [1.82, 2.24) is 34.4 Å². The second-order valence-electron chi connectivity index (χ2n) is 8.89. The van der Waals surface area contributed by atoms with Crippen LogP contribution in [0, 0.1) is 6.92 Å². The summed E-state index contributed by atoms with van der Waals surface area (Å²) in [6.45, 7) is 2.87. The minimum atomic E-state index is 0.330. The van der Waals surface area contributed by atoms with Crippen LogP contribution in [0.25, 0.3) is 27.8 Å². The van der Waals surface area contributed by atoms with Gasteiger partial charge >= 0.3 is 0 Å². The molecule has 1 saturated heterocycles. The fourth-order valence-electron chi connectivity index (χ4n) is 5.15. The number of pyridine rings is 1. The van der Waals surface area contributed by atoms with Crippen LogP contribution in [0.3, 0.4) is 0 Å². The number of nitrogens with zero attached hydrogens (tertiary/aromatic N) is 6. The molecule has 0 radical (unpaired) electrons. The summed E-state index contributed by atoms with van der Waals surface area (Å²) in [5, 5.41) is 12.8. The number of anilines is 1. The summed E-state index contributed by atoms with van der Waals surface area (Å²) in [5.74, 6) is 1.83. The number of likely N-dealkylation sites (tertiary alicyclic amines) is 1. The lowest BCUT2D eigenvalue weighted by atomic mass is 9.90. The van der Waals surface area contributed by atoms with Crippen LogP contribution in [0.2, 0.25) is 0 Å². The molecule has 0 atom stereocenters. The molecular weight excluding hydrogens is 404 g/mol. The summed E-state index contributed by atoms with van der Waals surface area (Å²) in [7, 11) is 0. The average Bonchev–Trinajstić information content (AvgIpc) is 3.53. The number of carbonyl (C=O) groups excluding carboxylic acids is 1. The van der Waals surface area contributed by atoms with Gasteiger partial charge in [-0.3, -0.25) is 9.20 Å². The molecule has 0 bridgehead atoms. The van der Waals surface area contributed by atoms with E-state index in [1.165, 1.54) is 0 Å². The second kappa shape index (κ2) is 7.58. The van der Waals surface area contributed by atoms with Crippen LogP contribution < -0.4 is 5.32 Å². The van der Waals surface area contributed by atoms with Crippen LogP contribution in [0.5, 0.6) is 0 Å². The zero-order valence-corrected chi connectivity index (χ0v) is 18.1. The Labute approximate surface area is 185 Å². The molecule has 9 nitrogen and oxygen atoms in total.